The van der Waals surface area contributed by atoms with Crippen LogP contribution in [0.1, 0.15) is 73.1 Å². The molecule has 3 fully saturated rings. The van der Waals surface area contributed by atoms with E-state index in [2.05, 4.69) is 13.0 Å². The standard InChI is InChI=1S/C25H34O6/c1-13(26)18-11-16-10-17(30-14(2)27)8-9-24(16,4)23-20(31-15(3)28)12-25(5)19(22(18)23)6-7-21(25)29/h11,17-20,22-23H,6-10,12H2,1-5H3/t17-,18-,19?,20+,22-,23-,24-,25-/m0/s1. The molecule has 170 valence electrons. The summed E-state index contributed by atoms with van der Waals surface area (Å²) in [5.41, 5.74) is 0.336. The fourth-order valence-electron chi connectivity index (χ4n) is 7.55. The van der Waals surface area contributed by atoms with Crippen LogP contribution in [-0.4, -0.2) is 35.7 Å². The predicted octanol–water partition coefficient (Wildman–Crippen LogP) is 3.81. The summed E-state index contributed by atoms with van der Waals surface area (Å²) in [6.07, 6.45) is 5.54. The van der Waals surface area contributed by atoms with Crippen molar-refractivity contribution in [3.63, 3.8) is 0 Å². The Labute approximate surface area is 184 Å². The SMILES string of the molecule is CC(=O)O[C@H]1CC[C@@]2(C)C(=C[C@@H](C(C)=O)[C@H]3C4CCC(=O)[C@@]4(C)C[C@@H](OC(C)=O)[C@@H]32)C1. The molecule has 4 rings (SSSR count). The van der Waals surface area contributed by atoms with Crippen molar-refractivity contribution < 1.29 is 28.7 Å². The summed E-state index contributed by atoms with van der Waals surface area (Å²) in [6.45, 7) is 8.69. The van der Waals surface area contributed by atoms with Crippen molar-refractivity contribution in [1.82, 2.24) is 0 Å². The van der Waals surface area contributed by atoms with Gasteiger partial charge in [0.25, 0.3) is 0 Å². The molecule has 0 radical (unpaired) electrons. The van der Waals surface area contributed by atoms with Gasteiger partial charge >= 0.3 is 11.9 Å². The van der Waals surface area contributed by atoms with Crippen molar-refractivity contribution in [2.24, 2.45) is 34.5 Å². The summed E-state index contributed by atoms with van der Waals surface area (Å²) in [6, 6.07) is 0. The maximum absolute atomic E-state index is 12.9. The van der Waals surface area contributed by atoms with Gasteiger partial charge < -0.3 is 9.47 Å². The van der Waals surface area contributed by atoms with Crippen LogP contribution in [0, 0.1) is 34.5 Å². The number of esters is 2. The molecule has 3 saturated carbocycles. The molecular formula is C25H34O6. The molecule has 4 aliphatic carbocycles. The van der Waals surface area contributed by atoms with E-state index in [4.69, 9.17) is 9.47 Å². The van der Waals surface area contributed by atoms with E-state index in [0.717, 1.165) is 24.8 Å². The van der Waals surface area contributed by atoms with Crippen molar-refractivity contribution >= 4 is 23.5 Å². The maximum Gasteiger partial charge on any atom is 0.302 e. The molecule has 4 aliphatic rings. The van der Waals surface area contributed by atoms with Crippen LogP contribution in [0.15, 0.2) is 11.6 Å². The number of fused-ring (bicyclic) bond motifs is 5. The van der Waals surface area contributed by atoms with Crippen LogP contribution in [0.4, 0.5) is 0 Å². The number of rotatable bonds is 3. The second-order valence-corrected chi connectivity index (χ2v) is 10.7. The Kier molecular flexibility index (Phi) is 5.42. The van der Waals surface area contributed by atoms with E-state index in [-0.39, 0.29) is 58.7 Å². The van der Waals surface area contributed by atoms with Crippen LogP contribution < -0.4 is 0 Å². The number of carbonyl (C=O) groups is 4. The molecule has 0 aliphatic heterocycles. The molecule has 1 unspecified atom stereocenters. The van der Waals surface area contributed by atoms with Gasteiger partial charge in [0.2, 0.25) is 0 Å². The highest BCUT2D eigenvalue weighted by molar-refractivity contribution is 5.88. The Morgan fingerprint density at radius 1 is 1.00 bits per heavy atom. The predicted molar refractivity (Wildman–Crippen MR) is 113 cm³/mol. The van der Waals surface area contributed by atoms with Gasteiger partial charge in [-0.1, -0.05) is 25.5 Å². The first-order valence-corrected chi connectivity index (χ1v) is 11.6. The van der Waals surface area contributed by atoms with E-state index in [9.17, 15) is 19.2 Å². The Bertz CT molecular complexity index is 858. The van der Waals surface area contributed by atoms with Crippen LogP contribution in [0.3, 0.4) is 0 Å². The molecule has 0 heterocycles. The van der Waals surface area contributed by atoms with Crippen LogP contribution >= 0.6 is 0 Å². The van der Waals surface area contributed by atoms with Crippen molar-refractivity contribution in [3.8, 4) is 0 Å². The van der Waals surface area contributed by atoms with E-state index < -0.39 is 11.5 Å². The van der Waals surface area contributed by atoms with E-state index in [1.54, 1.807) is 6.92 Å². The van der Waals surface area contributed by atoms with Gasteiger partial charge in [-0.3, -0.25) is 19.2 Å². The number of ether oxygens (including phenoxy) is 2. The number of carbonyl (C=O) groups excluding carboxylic acids is 4. The Balaban J connectivity index is 1.82. The Hall–Kier alpha value is -1.98. The Morgan fingerprint density at radius 2 is 1.68 bits per heavy atom. The average molecular weight is 431 g/mol. The monoisotopic (exact) mass is 430 g/mol. The van der Waals surface area contributed by atoms with E-state index in [1.807, 2.05) is 6.92 Å². The number of hydrogen-bond acceptors (Lipinski definition) is 6. The minimum atomic E-state index is -0.550. The minimum absolute atomic E-state index is 0.0208. The second-order valence-electron chi connectivity index (χ2n) is 10.7. The first kappa shape index (κ1) is 22.2. The topological polar surface area (TPSA) is 86.7 Å². The van der Waals surface area contributed by atoms with Crippen molar-refractivity contribution in [2.75, 3.05) is 0 Å². The largest absolute Gasteiger partial charge is 0.462 e. The molecule has 0 saturated heterocycles. The van der Waals surface area contributed by atoms with Crippen LogP contribution in [0.5, 0.6) is 0 Å². The highest BCUT2D eigenvalue weighted by Crippen LogP contribution is 2.66. The number of ketones is 2. The fraction of sp³-hybridized carbons (Fsp3) is 0.760. The first-order valence-electron chi connectivity index (χ1n) is 11.6. The lowest BCUT2D eigenvalue weighted by Gasteiger charge is -2.60. The van der Waals surface area contributed by atoms with E-state index in [0.29, 0.717) is 19.3 Å². The summed E-state index contributed by atoms with van der Waals surface area (Å²) in [5, 5.41) is 0. The van der Waals surface area contributed by atoms with Crippen LogP contribution in [-0.2, 0) is 28.7 Å². The fourth-order valence-corrected chi connectivity index (χ4v) is 7.55. The third-order valence-electron chi connectivity index (χ3n) is 8.86. The van der Waals surface area contributed by atoms with Crippen molar-refractivity contribution in [2.45, 2.75) is 85.4 Å². The molecule has 0 spiro atoms. The zero-order valence-corrected chi connectivity index (χ0v) is 19.2. The average Bonchev–Trinajstić information content (AvgIpc) is 2.94. The molecule has 0 N–H and O–H groups in total. The third kappa shape index (κ3) is 3.46. The summed E-state index contributed by atoms with van der Waals surface area (Å²) in [4.78, 5) is 49.4. The Morgan fingerprint density at radius 3 is 2.29 bits per heavy atom. The smallest absolute Gasteiger partial charge is 0.302 e. The molecule has 0 aromatic heterocycles. The minimum Gasteiger partial charge on any atom is -0.462 e. The summed E-state index contributed by atoms with van der Waals surface area (Å²) < 4.78 is 11.4. The second kappa shape index (κ2) is 7.56. The van der Waals surface area contributed by atoms with Gasteiger partial charge in [-0.25, -0.2) is 0 Å². The molecule has 31 heavy (non-hydrogen) atoms. The molecule has 0 aromatic rings. The molecule has 6 heteroatoms. The highest BCUT2D eigenvalue weighted by atomic mass is 16.5. The highest BCUT2D eigenvalue weighted by Gasteiger charge is 2.65. The first-order chi connectivity index (χ1) is 14.5. The summed E-state index contributed by atoms with van der Waals surface area (Å²) in [5.74, 6) is -0.549. The number of Topliss-reactive ketones (excluding diaryl/α,β-unsaturated/α-hetero) is 2. The molecule has 6 nitrogen and oxygen atoms in total. The lowest BCUT2D eigenvalue weighted by molar-refractivity contribution is -0.179. The van der Waals surface area contributed by atoms with Crippen molar-refractivity contribution in [3.05, 3.63) is 11.6 Å². The maximum atomic E-state index is 12.9. The summed E-state index contributed by atoms with van der Waals surface area (Å²) >= 11 is 0. The van der Waals surface area contributed by atoms with Gasteiger partial charge in [0, 0.05) is 43.9 Å². The van der Waals surface area contributed by atoms with Gasteiger partial charge in [0.15, 0.2) is 0 Å². The van der Waals surface area contributed by atoms with Gasteiger partial charge in [-0.2, -0.15) is 0 Å². The molecule has 0 bridgehead atoms. The van der Waals surface area contributed by atoms with Gasteiger partial charge in [-0.15, -0.1) is 0 Å². The summed E-state index contributed by atoms with van der Waals surface area (Å²) in [7, 11) is 0. The van der Waals surface area contributed by atoms with Gasteiger partial charge in [0.1, 0.15) is 23.8 Å². The van der Waals surface area contributed by atoms with Crippen molar-refractivity contribution in [1.29, 1.82) is 0 Å². The van der Waals surface area contributed by atoms with Crippen LogP contribution in [0.2, 0.25) is 0 Å². The van der Waals surface area contributed by atoms with E-state index >= 15 is 0 Å². The third-order valence-corrected chi connectivity index (χ3v) is 8.86. The van der Waals surface area contributed by atoms with E-state index in [1.165, 1.54) is 13.8 Å². The lowest BCUT2D eigenvalue weighted by Crippen LogP contribution is -2.60. The number of hydrogen-bond donors (Lipinski definition) is 0. The molecule has 0 amide bonds. The normalized spacial score (nSPS) is 43.8. The quantitative estimate of drug-likeness (QED) is 0.500. The molecule has 8 atom stereocenters. The molecule has 0 aromatic carbocycles. The lowest BCUT2D eigenvalue weighted by atomic mass is 9.44. The molecular weight excluding hydrogens is 396 g/mol. The van der Waals surface area contributed by atoms with Gasteiger partial charge in [0.05, 0.1) is 0 Å². The number of allylic oxidation sites excluding steroid dienone is 1. The zero-order chi connectivity index (χ0) is 22.7. The zero-order valence-electron chi connectivity index (χ0n) is 19.2. The van der Waals surface area contributed by atoms with Crippen LogP contribution in [0.25, 0.3) is 0 Å². The van der Waals surface area contributed by atoms with Gasteiger partial charge in [-0.05, 0) is 49.9 Å².